The molecule has 2 heterocycles. The Bertz CT molecular complexity index is 1370. The molecule has 3 aromatic carbocycles. The van der Waals surface area contributed by atoms with Gasteiger partial charge in [0, 0.05) is 16.6 Å². The van der Waals surface area contributed by atoms with Crippen LogP contribution in [0.1, 0.15) is 5.56 Å². The first-order valence-electron chi connectivity index (χ1n) is 9.47. The van der Waals surface area contributed by atoms with Crippen molar-refractivity contribution >= 4 is 33.1 Å². The van der Waals surface area contributed by atoms with Crippen LogP contribution in [0, 0.1) is 11.3 Å². The van der Waals surface area contributed by atoms with E-state index in [0.717, 1.165) is 32.8 Å². The highest BCUT2D eigenvalue weighted by molar-refractivity contribution is 7.17. The van der Waals surface area contributed by atoms with Gasteiger partial charge in [-0.2, -0.15) is 5.26 Å². The number of nitriles is 1. The fourth-order valence-corrected chi connectivity index (χ4v) is 4.37. The quantitative estimate of drug-likeness (QED) is 0.365. The number of anilines is 2. The standard InChI is InChI=1S/C25H16N4S/c26-14-17-5-4-8-21(13-17)29-24-23-22(15-30-25(23)28-16-27-24)20-11-9-19(10-12-20)18-6-2-1-3-7-18/h1-13,15-16H,(H,27,28,29). The average Bonchev–Trinajstić information content (AvgIpc) is 3.25. The third-order valence-electron chi connectivity index (χ3n) is 4.93. The van der Waals surface area contributed by atoms with E-state index in [1.54, 1.807) is 23.7 Å². The Hall–Kier alpha value is -4.01. The highest BCUT2D eigenvalue weighted by Gasteiger charge is 2.14. The summed E-state index contributed by atoms with van der Waals surface area (Å²) in [7, 11) is 0. The van der Waals surface area contributed by atoms with E-state index in [4.69, 9.17) is 5.26 Å². The summed E-state index contributed by atoms with van der Waals surface area (Å²) < 4.78 is 0. The van der Waals surface area contributed by atoms with Crippen molar-refractivity contribution in [3.8, 4) is 28.3 Å². The molecule has 0 aliphatic heterocycles. The van der Waals surface area contributed by atoms with Crippen LogP contribution in [0.25, 0.3) is 32.5 Å². The number of rotatable bonds is 4. The maximum absolute atomic E-state index is 9.16. The molecule has 0 radical (unpaired) electrons. The van der Waals surface area contributed by atoms with Gasteiger partial charge in [-0.25, -0.2) is 9.97 Å². The molecule has 142 valence electrons. The summed E-state index contributed by atoms with van der Waals surface area (Å²) in [5.41, 5.74) is 6.01. The molecule has 0 spiro atoms. The molecule has 2 aromatic heterocycles. The lowest BCUT2D eigenvalue weighted by molar-refractivity contribution is 1.23. The second-order valence-electron chi connectivity index (χ2n) is 6.81. The molecule has 0 aliphatic carbocycles. The lowest BCUT2D eigenvalue weighted by Crippen LogP contribution is -1.96. The van der Waals surface area contributed by atoms with Gasteiger partial charge >= 0.3 is 0 Å². The number of nitrogens with one attached hydrogen (secondary N) is 1. The van der Waals surface area contributed by atoms with Gasteiger partial charge in [-0.15, -0.1) is 11.3 Å². The lowest BCUT2D eigenvalue weighted by Gasteiger charge is -2.09. The highest BCUT2D eigenvalue weighted by Crippen LogP contribution is 2.38. The second kappa shape index (κ2) is 7.78. The zero-order valence-electron chi connectivity index (χ0n) is 15.9. The van der Waals surface area contributed by atoms with E-state index in [1.807, 2.05) is 36.4 Å². The van der Waals surface area contributed by atoms with Gasteiger partial charge in [0.2, 0.25) is 0 Å². The SMILES string of the molecule is N#Cc1cccc(Nc2ncnc3scc(-c4ccc(-c5ccccc5)cc4)c23)c1. The van der Waals surface area contributed by atoms with Crippen molar-refractivity contribution in [3.05, 3.63) is 96.1 Å². The minimum absolute atomic E-state index is 0.604. The fourth-order valence-electron chi connectivity index (χ4n) is 3.46. The predicted molar refractivity (Wildman–Crippen MR) is 123 cm³/mol. The first kappa shape index (κ1) is 18.0. The molecule has 0 aliphatic rings. The van der Waals surface area contributed by atoms with E-state index < -0.39 is 0 Å². The first-order chi connectivity index (χ1) is 14.8. The molecule has 0 unspecified atom stereocenters. The topological polar surface area (TPSA) is 61.6 Å². The van der Waals surface area contributed by atoms with Gasteiger partial charge in [-0.3, -0.25) is 0 Å². The summed E-state index contributed by atoms with van der Waals surface area (Å²) in [6.45, 7) is 0. The van der Waals surface area contributed by atoms with Gasteiger partial charge < -0.3 is 5.32 Å². The van der Waals surface area contributed by atoms with Crippen molar-refractivity contribution in [2.45, 2.75) is 0 Å². The molecule has 5 aromatic rings. The third kappa shape index (κ3) is 3.41. The number of thiophene rings is 1. The maximum Gasteiger partial charge on any atom is 0.143 e. The Morgan fingerprint density at radius 2 is 1.57 bits per heavy atom. The summed E-state index contributed by atoms with van der Waals surface area (Å²) in [5.74, 6) is 0.735. The highest BCUT2D eigenvalue weighted by atomic mass is 32.1. The molecule has 0 saturated heterocycles. The fraction of sp³-hybridized carbons (Fsp3) is 0. The summed E-state index contributed by atoms with van der Waals surface area (Å²) in [6, 6.07) is 28.4. The summed E-state index contributed by atoms with van der Waals surface area (Å²) in [5, 5.41) is 15.6. The average molecular weight is 404 g/mol. The van der Waals surface area contributed by atoms with E-state index in [2.05, 4.69) is 63.1 Å². The largest absolute Gasteiger partial charge is 0.340 e. The van der Waals surface area contributed by atoms with Gasteiger partial charge in [-0.05, 0) is 34.9 Å². The second-order valence-corrected chi connectivity index (χ2v) is 7.67. The lowest BCUT2D eigenvalue weighted by atomic mass is 10.0. The monoisotopic (exact) mass is 404 g/mol. The van der Waals surface area contributed by atoms with E-state index in [-0.39, 0.29) is 0 Å². The third-order valence-corrected chi connectivity index (χ3v) is 5.81. The van der Waals surface area contributed by atoms with Crippen LogP contribution in [-0.4, -0.2) is 9.97 Å². The van der Waals surface area contributed by atoms with Crippen molar-refractivity contribution in [1.82, 2.24) is 9.97 Å². The predicted octanol–water partition coefficient (Wildman–Crippen LogP) is 6.64. The number of nitrogens with zero attached hydrogens (tertiary/aromatic N) is 3. The number of hydrogen-bond donors (Lipinski definition) is 1. The van der Waals surface area contributed by atoms with E-state index >= 15 is 0 Å². The van der Waals surface area contributed by atoms with Crippen molar-refractivity contribution in [1.29, 1.82) is 5.26 Å². The van der Waals surface area contributed by atoms with Gasteiger partial charge in [-0.1, -0.05) is 60.7 Å². The van der Waals surface area contributed by atoms with Crippen molar-refractivity contribution in [2.75, 3.05) is 5.32 Å². The Morgan fingerprint density at radius 1 is 0.800 bits per heavy atom. The molecule has 0 amide bonds. The van der Waals surface area contributed by atoms with Crippen LogP contribution in [0.5, 0.6) is 0 Å². The Kier molecular flexibility index (Phi) is 4.68. The Labute approximate surface area is 178 Å². The van der Waals surface area contributed by atoms with Gasteiger partial charge in [0.15, 0.2) is 0 Å². The van der Waals surface area contributed by atoms with Crippen LogP contribution in [-0.2, 0) is 0 Å². The zero-order chi connectivity index (χ0) is 20.3. The van der Waals surface area contributed by atoms with E-state index in [9.17, 15) is 0 Å². The molecule has 5 heteroatoms. The minimum Gasteiger partial charge on any atom is -0.340 e. The van der Waals surface area contributed by atoms with Gasteiger partial charge in [0.05, 0.1) is 17.0 Å². The molecule has 5 rings (SSSR count). The summed E-state index contributed by atoms with van der Waals surface area (Å²) >= 11 is 1.60. The molecule has 0 saturated carbocycles. The molecule has 0 fully saturated rings. The molecular formula is C25H16N4S. The van der Waals surface area contributed by atoms with Gasteiger partial charge in [0.1, 0.15) is 17.0 Å². The number of fused-ring (bicyclic) bond motifs is 1. The molecule has 0 atom stereocenters. The van der Waals surface area contributed by atoms with E-state index in [1.165, 1.54) is 11.1 Å². The van der Waals surface area contributed by atoms with Crippen LogP contribution >= 0.6 is 11.3 Å². The molecule has 1 N–H and O–H groups in total. The van der Waals surface area contributed by atoms with Crippen LogP contribution in [0.15, 0.2) is 90.6 Å². The molecular weight excluding hydrogens is 388 g/mol. The van der Waals surface area contributed by atoms with Crippen molar-refractivity contribution < 1.29 is 0 Å². The van der Waals surface area contributed by atoms with Crippen LogP contribution < -0.4 is 5.32 Å². The number of benzene rings is 3. The van der Waals surface area contributed by atoms with Crippen LogP contribution in [0.2, 0.25) is 0 Å². The Balaban J connectivity index is 1.55. The van der Waals surface area contributed by atoms with Crippen LogP contribution in [0.3, 0.4) is 0 Å². The van der Waals surface area contributed by atoms with Crippen LogP contribution in [0.4, 0.5) is 11.5 Å². The first-order valence-corrected chi connectivity index (χ1v) is 10.3. The van der Waals surface area contributed by atoms with E-state index in [0.29, 0.717) is 5.56 Å². The molecule has 30 heavy (non-hydrogen) atoms. The minimum atomic E-state index is 0.604. The molecule has 4 nitrogen and oxygen atoms in total. The number of hydrogen-bond acceptors (Lipinski definition) is 5. The van der Waals surface area contributed by atoms with Crippen molar-refractivity contribution in [3.63, 3.8) is 0 Å². The van der Waals surface area contributed by atoms with Gasteiger partial charge in [0.25, 0.3) is 0 Å². The smallest absolute Gasteiger partial charge is 0.143 e. The van der Waals surface area contributed by atoms with Crippen molar-refractivity contribution in [2.24, 2.45) is 0 Å². The Morgan fingerprint density at radius 3 is 2.37 bits per heavy atom. The summed E-state index contributed by atoms with van der Waals surface area (Å²) in [6.07, 6.45) is 1.57. The maximum atomic E-state index is 9.16. The molecule has 0 bridgehead atoms. The number of aromatic nitrogens is 2. The zero-order valence-corrected chi connectivity index (χ0v) is 16.7. The summed E-state index contributed by atoms with van der Waals surface area (Å²) in [4.78, 5) is 9.85. The normalized spacial score (nSPS) is 10.6.